The minimum absolute atomic E-state index is 0.214. The molecule has 0 aliphatic carbocycles. The van der Waals surface area contributed by atoms with Crippen LogP contribution in [0.15, 0.2) is 18.3 Å². The molecule has 0 N–H and O–H groups in total. The highest BCUT2D eigenvalue weighted by Gasteiger charge is 2.41. The summed E-state index contributed by atoms with van der Waals surface area (Å²) in [5.74, 6) is 0.214. The minimum atomic E-state index is 0.214. The van der Waals surface area contributed by atoms with Gasteiger partial charge in [-0.15, -0.1) is 11.3 Å². The predicted octanol–water partition coefficient (Wildman–Crippen LogP) is 3.04. The van der Waals surface area contributed by atoms with Crippen LogP contribution in [0, 0.1) is 12.3 Å². The van der Waals surface area contributed by atoms with E-state index in [1.54, 1.807) is 11.3 Å². The van der Waals surface area contributed by atoms with Crippen molar-refractivity contribution in [3.05, 3.63) is 33.8 Å². The van der Waals surface area contributed by atoms with Crippen LogP contribution in [0.3, 0.4) is 0 Å². The number of amides is 1. The largest absolute Gasteiger partial charge is 0.338 e. The van der Waals surface area contributed by atoms with E-state index < -0.39 is 0 Å². The molecule has 2 aliphatic rings. The summed E-state index contributed by atoms with van der Waals surface area (Å²) in [6.07, 6.45) is 5.36. The van der Waals surface area contributed by atoms with Gasteiger partial charge in [0.2, 0.25) is 0 Å². The highest BCUT2D eigenvalue weighted by molar-refractivity contribution is 7.13. The van der Waals surface area contributed by atoms with Gasteiger partial charge in [0.25, 0.3) is 5.91 Å². The Balaban J connectivity index is 1.33. The molecule has 1 amide bonds. The van der Waals surface area contributed by atoms with Crippen LogP contribution in [0.2, 0.25) is 0 Å². The van der Waals surface area contributed by atoms with Gasteiger partial charge in [-0.2, -0.15) is 8.75 Å². The van der Waals surface area contributed by atoms with Crippen LogP contribution in [0.1, 0.15) is 39.5 Å². The van der Waals surface area contributed by atoms with E-state index in [0.717, 1.165) is 56.1 Å². The molecule has 0 saturated carbocycles. The van der Waals surface area contributed by atoms with Crippen LogP contribution >= 0.6 is 23.1 Å². The van der Waals surface area contributed by atoms with Gasteiger partial charge in [0.05, 0.1) is 28.5 Å². The minimum Gasteiger partial charge on any atom is -0.338 e. The Morgan fingerprint density at radius 1 is 1.25 bits per heavy atom. The van der Waals surface area contributed by atoms with E-state index in [-0.39, 0.29) is 5.91 Å². The molecule has 2 saturated heterocycles. The smallest absolute Gasteiger partial charge is 0.263 e. The molecule has 5 nitrogen and oxygen atoms in total. The van der Waals surface area contributed by atoms with E-state index in [4.69, 9.17) is 0 Å². The van der Waals surface area contributed by atoms with Gasteiger partial charge in [-0.25, -0.2) is 0 Å². The van der Waals surface area contributed by atoms with Gasteiger partial charge < -0.3 is 4.90 Å². The molecule has 1 spiro atoms. The average molecular weight is 363 g/mol. The maximum Gasteiger partial charge on any atom is 0.263 e. The lowest BCUT2D eigenvalue weighted by atomic mass is 9.78. The zero-order valence-electron chi connectivity index (χ0n) is 13.9. The van der Waals surface area contributed by atoms with E-state index in [9.17, 15) is 4.79 Å². The molecular weight excluding hydrogens is 340 g/mol. The summed E-state index contributed by atoms with van der Waals surface area (Å²) in [6.45, 7) is 7.01. The normalized spacial score (nSPS) is 20.8. The van der Waals surface area contributed by atoms with Crippen molar-refractivity contribution >= 4 is 29.0 Å². The fourth-order valence-corrected chi connectivity index (χ4v) is 5.20. The highest BCUT2D eigenvalue weighted by Crippen LogP contribution is 2.41. The van der Waals surface area contributed by atoms with Crippen molar-refractivity contribution in [3.8, 4) is 0 Å². The van der Waals surface area contributed by atoms with Crippen LogP contribution in [-0.4, -0.2) is 50.6 Å². The molecule has 0 unspecified atom stereocenters. The number of thiophene rings is 1. The quantitative estimate of drug-likeness (QED) is 0.842. The van der Waals surface area contributed by atoms with Crippen molar-refractivity contribution in [1.29, 1.82) is 0 Å². The van der Waals surface area contributed by atoms with Gasteiger partial charge in [0.15, 0.2) is 0 Å². The number of hydrogen-bond acceptors (Lipinski definition) is 6. The van der Waals surface area contributed by atoms with Crippen molar-refractivity contribution in [1.82, 2.24) is 18.5 Å². The number of carbonyl (C=O) groups excluding carboxylic acids is 1. The molecule has 7 heteroatoms. The third-order valence-electron chi connectivity index (χ3n) is 5.37. The summed E-state index contributed by atoms with van der Waals surface area (Å²) in [7, 11) is 0. The number of aryl methyl sites for hydroxylation is 1. The second-order valence-electron chi connectivity index (χ2n) is 7.06. The molecule has 2 aromatic heterocycles. The van der Waals surface area contributed by atoms with Gasteiger partial charge in [-0.05, 0) is 50.3 Å². The molecular formula is C17H22N4OS2. The number of carbonyl (C=O) groups is 1. The van der Waals surface area contributed by atoms with Crippen LogP contribution in [0.5, 0.6) is 0 Å². The van der Waals surface area contributed by atoms with Gasteiger partial charge in [0, 0.05) is 31.1 Å². The van der Waals surface area contributed by atoms with Crippen molar-refractivity contribution in [2.24, 2.45) is 5.41 Å². The van der Waals surface area contributed by atoms with Gasteiger partial charge in [0.1, 0.15) is 0 Å². The molecule has 24 heavy (non-hydrogen) atoms. The molecule has 4 heterocycles. The summed E-state index contributed by atoms with van der Waals surface area (Å²) in [5.41, 5.74) is 1.48. The fraction of sp³-hybridized carbons (Fsp3) is 0.588. The Bertz CT molecular complexity index is 704. The first-order valence-electron chi connectivity index (χ1n) is 8.48. The summed E-state index contributed by atoms with van der Waals surface area (Å²) in [5, 5.41) is 0. The van der Waals surface area contributed by atoms with Crippen LogP contribution in [-0.2, 0) is 6.54 Å². The fourth-order valence-electron chi connectivity index (χ4n) is 3.94. The molecule has 4 rings (SSSR count). The Morgan fingerprint density at radius 2 is 2.04 bits per heavy atom. The molecule has 0 radical (unpaired) electrons. The zero-order valence-corrected chi connectivity index (χ0v) is 15.5. The number of rotatable bonds is 3. The number of nitrogens with zero attached hydrogens (tertiary/aromatic N) is 4. The van der Waals surface area contributed by atoms with Gasteiger partial charge in [-0.1, -0.05) is 0 Å². The predicted molar refractivity (Wildman–Crippen MR) is 96.4 cm³/mol. The first kappa shape index (κ1) is 16.2. The van der Waals surface area contributed by atoms with Crippen molar-refractivity contribution < 1.29 is 4.79 Å². The second kappa shape index (κ2) is 6.54. The number of aromatic nitrogens is 2. The topological polar surface area (TPSA) is 49.3 Å². The summed E-state index contributed by atoms with van der Waals surface area (Å²) in [6, 6.07) is 4.00. The number of piperidine rings is 1. The van der Waals surface area contributed by atoms with E-state index in [0.29, 0.717) is 5.41 Å². The van der Waals surface area contributed by atoms with Crippen molar-refractivity contribution in [3.63, 3.8) is 0 Å². The highest BCUT2D eigenvalue weighted by atomic mass is 32.1. The first-order chi connectivity index (χ1) is 11.6. The average Bonchev–Trinajstić information content (AvgIpc) is 3.31. The Morgan fingerprint density at radius 3 is 2.71 bits per heavy atom. The lowest BCUT2D eigenvalue weighted by Crippen LogP contribution is -2.44. The maximum absolute atomic E-state index is 12.6. The Labute approximate surface area is 150 Å². The van der Waals surface area contributed by atoms with Crippen LogP contribution in [0.25, 0.3) is 0 Å². The molecule has 2 aromatic rings. The molecule has 2 fully saturated rings. The summed E-state index contributed by atoms with van der Waals surface area (Å²) < 4.78 is 8.41. The third-order valence-corrected chi connectivity index (χ3v) is 6.88. The molecule has 0 bridgehead atoms. The molecule has 0 aromatic carbocycles. The van der Waals surface area contributed by atoms with Gasteiger partial charge >= 0.3 is 0 Å². The first-order valence-corrected chi connectivity index (χ1v) is 10.0. The Hall–Kier alpha value is -1.31. The van der Waals surface area contributed by atoms with Gasteiger partial charge in [-0.3, -0.25) is 9.69 Å². The zero-order chi connectivity index (χ0) is 16.6. The maximum atomic E-state index is 12.6. The lowest BCUT2D eigenvalue weighted by molar-refractivity contribution is 0.0592. The van der Waals surface area contributed by atoms with E-state index >= 15 is 0 Å². The number of likely N-dealkylation sites (tertiary alicyclic amines) is 2. The van der Waals surface area contributed by atoms with E-state index in [1.165, 1.54) is 23.0 Å². The third kappa shape index (κ3) is 3.25. The Kier molecular flexibility index (Phi) is 4.40. The summed E-state index contributed by atoms with van der Waals surface area (Å²) >= 11 is 2.89. The molecule has 0 atom stereocenters. The van der Waals surface area contributed by atoms with E-state index in [1.807, 2.05) is 23.2 Å². The SMILES string of the molecule is Cc1ccc(C(=O)N2CCC3(CCN(Cc4cnsn4)C3)CC2)s1. The standard InChI is InChI=1S/C17H22N4OS2/c1-13-2-3-15(23-13)16(22)21-8-5-17(6-9-21)4-7-20(12-17)11-14-10-18-24-19-14/h2-3,10H,4-9,11-12H2,1H3. The monoisotopic (exact) mass is 362 g/mol. The second-order valence-corrected chi connectivity index (χ2v) is 8.91. The van der Waals surface area contributed by atoms with Crippen molar-refractivity contribution in [2.45, 2.75) is 32.7 Å². The molecule has 128 valence electrons. The number of hydrogen-bond donors (Lipinski definition) is 0. The lowest BCUT2D eigenvalue weighted by Gasteiger charge is -2.39. The van der Waals surface area contributed by atoms with Crippen molar-refractivity contribution in [2.75, 3.05) is 26.2 Å². The van der Waals surface area contributed by atoms with Crippen LogP contribution in [0.4, 0.5) is 0 Å². The summed E-state index contributed by atoms with van der Waals surface area (Å²) in [4.78, 5) is 19.2. The van der Waals surface area contributed by atoms with Crippen LogP contribution < -0.4 is 0 Å². The van der Waals surface area contributed by atoms with E-state index in [2.05, 4.69) is 20.6 Å². The molecule has 2 aliphatic heterocycles.